The first-order valence-corrected chi connectivity index (χ1v) is 7.66. The van der Waals surface area contributed by atoms with Gasteiger partial charge in [0.05, 0.1) is 23.0 Å². The van der Waals surface area contributed by atoms with Crippen LogP contribution in [0.15, 0.2) is 30.5 Å². The first kappa shape index (κ1) is 16.0. The summed E-state index contributed by atoms with van der Waals surface area (Å²) in [5, 5.41) is 5.01. The van der Waals surface area contributed by atoms with E-state index in [0.29, 0.717) is 5.02 Å². The highest BCUT2D eigenvalue weighted by molar-refractivity contribution is 6.31. The van der Waals surface area contributed by atoms with Crippen molar-refractivity contribution < 1.29 is 0 Å². The molecule has 1 heterocycles. The second-order valence-electron chi connectivity index (χ2n) is 5.60. The van der Waals surface area contributed by atoms with E-state index in [0.717, 1.165) is 18.5 Å². The average Bonchev–Trinajstić information content (AvgIpc) is 2.84. The quantitative estimate of drug-likeness (QED) is 0.634. The fourth-order valence-electron chi connectivity index (χ4n) is 2.58. The standard InChI is InChI=1S/C16H23ClN4/c1-11(2)21-16(14(17)10-19-21)15(20-18)9-8-13-7-5-4-6-12(13)3/h4-7,10-11,15,20H,8-9,18H2,1-3H3. The Morgan fingerprint density at radius 2 is 2.05 bits per heavy atom. The second kappa shape index (κ2) is 7.07. The van der Waals surface area contributed by atoms with Crippen LogP contribution in [-0.2, 0) is 6.42 Å². The molecule has 1 aromatic heterocycles. The largest absolute Gasteiger partial charge is 0.271 e. The van der Waals surface area contributed by atoms with E-state index >= 15 is 0 Å². The number of aromatic nitrogens is 2. The van der Waals surface area contributed by atoms with Crippen molar-refractivity contribution in [3.05, 3.63) is 52.3 Å². The van der Waals surface area contributed by atoms with Gasteiger partial charge in [0.25, 0.3) is 0 Å². The number of hydrazine groups is 1. The summed E-state index contributed by atoms with van der Waals surface area (Å²) in [6.45, 7) is 6.30. The Labute approximate surface area is 131 Å². The summed E-state index contributed by atoms with van der Waals surface area (Å²) in [5.74, 6) is 5.75. The van der Waals surface area contributed by atoms with Crippen LogP contribution in [0.1, 0.15) is 49.2 Å². The molecule has 5 heteroatoms. The second-order valence-corrected chi connectivity index (χ2v) is 6.01. The number of hydrogen-bond donors (Lipinski definition) is 2. The van der Waals surface area contributed by atoms with E-state index < -0.39 is 0 Å². The third kappa shape index (κ3) is 3.64. The summed E-state index contributed by atoms with van der Waals surface area (Å²) in [7, 11) is 0. The molecule has 1 unspecified atom stereocenters. The Bertz CT molecular complexity index is 592. The molecule has 0 bridgehead atoms. The van der Waals surface area contributed by atoms with Crippen molar-refractivity contribution in [3.63, 3.8) is 0 Å². The predicted octanol–water partition coefficient (Wildman–Crippen LogP) is 3.56. The molecule has 0 saturated heterocycles. The maximum absolute atomic E-state index is 6.30. The van der Waals surface area contributed by atoms with Crippen molar-refractivity contribution in [3.8, 4) is 0 Å². The summed E-state index contributed by atoms with van der Waals surface area (Å²) in [4.78, 5) is 0. The third-order valence-corrected chi connectivity index (χ3v) is 4.06. The highest BCUT2D eigenvalue weighted by atomic mass is 35.5. The fourth-order valence-corrected chi connectivity index (χ4v) is 2.84. The van der Waals surface area contributed by atoms with E-state index in [-0.39, 0.29) is 12.1 Å². The Morgan fingerprint density at radius 3 is 2.67 bits per heavy atom. The smallest absolute Gasteiger partial charge is 0.0834 e. The molecule has 21 heavy (non-hydrogen) atoms. The number of nitrogens with one attached hydrogen (secondary N) is 1. The molecule has 0 fully saturated rings. The number of nitrogens with zero attached hydrogens (tertiary/aromatic N) is 2. The van der Waals surface area contributed by atoms with Crippen LogP contribution in [0.25, 0.3) is 0 Å². The van der Waals surface area contributed by atoms with Gasteiger partial charge in [0.15, 0.2) is 0 Å². The molecule has 114 valence electrons. The SMILES string of the molecule is Cc1ccccc1CCC(NN)c1c(Cl)cnn1C(C)C. The van der Waals surface area contributed by atoms with E-state index in [4.69, 9.17) is 17.4 Å². The lowest BCUT2D eigenvalue weighted by Gasteiger charge is -2.20. The van der Waals surface area contributed by atoms with E-state index in [2.05, 4.69) is 55.6 Å². The molecule has 0 aliphatic carbocycles. The van der Waals surface area contributed by atoms with Crippen molar-refractivity contribution in [2.75, 3.05) is 0 Å². The minimum atomic E-state index is -0.0120. The van der Waals surface area contributed by atoms with Crippen molar-refractivity contribution in [1.29, 1.82) is 0 Å². The van der Waals surface area contributed by atoms with Gasteiger partial charge in [0, 0.05) is 6.04 Å². The first-order valence-electron chi connectivity index (χ1n) is 7.28. The van der Waals surface area contributed by atoms with Crippen LogP contribution in [0.3, 0.4) is 0 Å². The fraction of sp³-hybridized carbons (Fsp3) is 0.438. The van der Waals surface area contributed by atoms with Crippen LogP contribution in [0, 0.1) is 6.92 Å². The molecule has 0 amide bonds. The van der Waals surface area contributed by atoms with Crippen molar-refractivity contribution >= 4 is 11.6 Å². The lowest BCUT2D eigenvalue weighted by atomic mass is 9.99. The average molecular weight is 307 g/mol. The number of aryl methyl sites for hydroxylation is 2. The molecule has 2 aromatic rings. The van der Waals surface area contributed by atoms with Gasteiger partial charge < -0.3 is 0 Å². The Kier molecular flexibility index (Phi) is 5.39. The number of hydrogen-bond acceptors (Lipinski definition) is 3. The Morgan fingerprint density at radius 1 is 1.33 bits per heavy atom. The van der Waals surface area contributed by atoms with Gasteiger partial charge in [-0.3, -0.25) is 16.0 Å². The zero-order valence-electron chi connectivity index (χ0n) is 12.8. The van der Waals surface area contributed by atoms with E-state index in [1.54, 1.807) is 6.20 Å². The van der Waals surface area contributed by atoms with Crippen molar-refractivity contribution in [2.24, 2.45) is 5.84 Å². The van der Waals surface area contributed by atoms with Gasteiger partial charge in [-0.1, -0.05) is 35.9 Å². The zero-order valence-corrected chi connectivity index (χ0v) is 13.6. The first-order chi connectivity index (χ1) is 10.0. The van der Waals surface area contributed by atoms with Gasteiger partial charge in [-0.05, 0) is 44.7 Å². The number of rotatable bonds is 6. The number of halogens is 1. The molecule has 0 aliphatic heterocycles. The van der Waals surface area contributed by atoms with Crippen LogP contribution >= 0.6 is 11.6 Å². The van der Waals surface area contributed by atoms with Crippen LogP contribution in [0.4, 0.5) is 0 Å². The van der Waals surface area contributed by atoms with Crippen LogP contribution in [-0.4, -0.2) is 9.78 Å². The maximum atomic E-state index is 6.30. The molecule has 3 N–H and O–H groups in total. The van der Waals surface area contributed by atoms with Gasteiger partial charge in [-0.25, -0.2) is 0 Å². The Balaban J connectivity index is 2.17. The van der Waals surface area contributed by atoms with Gasteiger partial charge in [-0.15, -0.1) is 0 Å². The lowest BCUT2D eigenvalue weighted by molar-refractivity contribution is 0.433. The van der Waals surface area contributed by atoms with Crippen LogP contribution in [0.5, 0.6) is 0 Å². The Hall–Kier alpha value is -1.36. The topological polar surface area (TPSA) is 55.9 Å². The van der Waals surface area contributed by atoms with E-state index in [9.17, 15) is 0 Å². The van der Waals surface area contributed by atoms with E-state index in [1.807, 2.05) is 4.68 Å². The van der Waals surface area contributed by atoms with Crippen molar-refractivity contribution in [2.45, 2.75) is 45.7 Å². The van der Waals surface area contributed by atoms with Crippen LogP contribution in [0.2, 0.25) is 5.02 Å². The molecule has 1 atom stereocenters. The molecule has 2 rings (SSSR count). The molecule has 0 aliphatic rings. The van der Waals surface area contributed by atoms with Crippen molar-refractivity contribution in [1.82, 2.24) is 15.2 Å². The normalized spacial score (nSPS) is 12.9. The highest BCUT2D eigenvalue weighted by Gasteiger charge is 2.20. The predicted molar refractivity (Wildman–Crippen MR) is 87.2 cm³/mol. The molecular weight excluding hydrogens is 284 g/mol. The number of benzene rings is 1. The molecule has 0 radical (unpaired) electrons. The summed E-state index contributed by atoms with van der Waals surface area (Å²) in [5.41, 5.74) is 6.49. The number of nitrogens with two attached hydrogens (primary N) is 1. The highest BCUT2D eigenvalue weighted by Crippen LogP contribution is 2.28. The molecule has 4 nitrogen and oxygen atoms in total. The zero-order chi connectivity index (χ0) is 15.4. The van der Waals surface area contributed by atoms with E-state index in [1.165, 1.54) is 11.1 Å². The molecular formula is C16H23ClN4. The molecule has 1 aromatic carbocycles. The minimum Gasteiger partial charge on any atom is -0.271 e. The summed E-state index contributed by atoms with van der Waals surface area (Å²) >= 11 is 6.30. The summed E-state index contributed by atoms with van der Waals surface area (Å²) in [6, 6.07) is 8.65. The van der Waals surface area contributed by atoms with Gasteiger partial charge in [0.1, 0.15) is 0 Å². The molecule has 0 saturated carbocycles. The molecule has 0 spiro atoms. The summed E-state index contributed by atoms with van der Waals surface area (Å²) in [6.07, 6.45) is 3.51. The lowest BCUT2D eigenvalue weighted by Crippen LogP contribution is -2.31. The minimum absolute atomic E-state index is 0.0120. The summed E-state index contributed by atoms with van der Waals surface area (Å²) < 4.78 is 1.94. The van der Waals surface area contributed by atoms with Gasteiger partial charge >= 0.3 is 0 Å². The maximum Gasteiger partial charge on any atom is 0.0834 e. The monoisotopic (exact) mass is 306 g/mol. The van der Waals surface area contributed by atoms with Crippen LogP contribution < -0.4 is 11.3 Å². The third-order valence-electron chi connectivity index (χ3n) is 3.77. The van der Waals surface area contributed by atoms with Gasteiger partial charge in [0.2, 0.25) is 0 Å². The van der Waals surface area contributed by atoms with Gasteiger partial charge in [-0.2, -0.15) is 5.10 Å².